The summed E-state index contributed by atoms with van der Waals surface area (Å²) in [5.74, 6) is 0.531. The Balaban J connectivity index is 1.66. The molecule has 2 N–H and O–H groups in total. The first-order chi connectivity index (χ1) is 13.1. The van der Waals surface area contributed by atoms with Gasteiger partial charge in [0.1, 0.15) is 11.5 Å². The molecule has 3 aromatic rings. The van der Waals surface area contributed by atoms with Gasteiger partial charge in [0.05, 0.1) is 20.0 Å². The van der Waals surface area contributed by atoms with Crippen molar-refractivity contribution in [2.75, 3.05) is 34.7 Å². The zero-order valence-electron chi connectivity index (χ0n) is 15.3. The Labute approximate surface area is 159 Å². The molecular formula is C22H23N3O2. The van der Waals surface area contributed by atoms with Gasteiger partial charge in [0, 0.05) is 17.1 Å². The number of anilines is 3. The molecule has 3 aromatic carbocycles. The SMILES string of the molecule is Cc1ccc(N2CN(c3ccc(O)cc3)CN(c3ccc(O)cc3)C2)cc1. The fraction of sp³-hybridized carbons (Fsp3) is 0.182. The molecule has 1 saturated heterocycles. The van der Waals surface area contributed by atoms with Gasteiger partial charge in [-0.15, -0.1) is 0 Å². The number of aryl methyl sites for hydroxylation is 1. The number of aromatic hydroxyl groups is 2. The molecule has 0 aromatic heterocycles. The van der Waals surface area contributed by atoms with Crippen LogP contribution in [-0.2, 0) is 0 Å². The molecule has 0 amide bonds. The summed E-state index contributed by atoms with van der Waals surface area (Å²) in [6.07, 6.45) is 0. The Bertz CT molecular complexity index is 764. The predicted octanol–water partition coefficient (Wildman–Crippen LogP) is 4.11. The van der Waals surface area contributed by atoms with Crippen LogP contribution in [-0.4, -0.2) is 30.2 Å². The van der Waals surface area contributed by atoms with Gasteiger partial charge in [-0.3, -0.25) is 0 Å². The minimum absolute atomic E-state index is 0.265. The van der Waals surface area contributed by atoms with Crippen molar-refractivity contribution in [2.24, 2.45) is 0 Å². The Morgan fingerprint density at radius 2 is 0.815 bits per heavy atom. The lowest BCUT2D eigenvalue weighted by molar-refractivity contribution is 0.475. The lowest BCUT2D eigenvalue weighted by Gasteiger charge is -2.45. The normalized spacial score (nSPS) is 14.5. The second-order valence-electron chi connectivity index (χ2n) is 6.91. The molecule has 5 nitrogen and oxygen atoms in total. The van der Waals surface area contributed by atoms with Gasteiger partial charge in [-0.05, 0) is 67.6 Å². The number of hydrogen-bond donors (Lipinski definition) is 2. The second-order valence-corrected chi connectivity index (χ2v) is 6.91. The highest BCUT2D eigenvalue weighted by Gasteiger charge is 2.24. The quantitative estimate of drug-likeness (QED) is 0.735. The van der Waals surface area contributed by atoms with E-state index in [1.54, 1.807) is 24.3 Å². The lowest BCUT2D eigenvalue weighted by Crippen LogP contribution is -2.55. The van der Waals surface area contributed by atoms with Crippen LogP contribution in [0.15, 0.2) is 72.8 Å². The largest absolute Gasteiger partial charge is 0.508 e. The molecule has 0 bridgehead atoms. The molecule has 1 aliphatic rings. The predicted molar refractivity (Wildman–Crippen MR) is 109 cm³/mol. The zero-order chi connectivity index (χ0) is 18.8. The zero-order valence-corrected chi connectivity index (χ0v) is 15.3. The summed E-state index contributed by atoms with van der Waals surface area (Å²) in [6, 6.07) is 23.1. The molecule has 1 fully saturated rings. The van der Waals surface area contributed by atoms with E-state index in [0.717, 1.165) is 37.1 Å². The smallest absolute Gasteiger partial charge is 0.115 e. The number of phenolic OH excluding ortho intramolecular Hbond substituents is 2. The van der Waals surface area contributed by atoms with Crippen LogP contribution in [0.1, 0.15) is 5.56 Å². The van der Waals surface area contributed by atoms with Gasteiger partial charge in [-0.2, -0.15) is 0 Å². The van der Waals surface area contributed by atoms with E-state index in [4.69, 9.17) is 0 Å². The monoisotopic (exact) mass is 361 g/mol. The fourth-order valence-electron chi connectivity index (χ4n) is 3.32. The van der Waals surface area contributed by atoms with Gasteiger partial charge in [-0.1, -0.05) is 17.7 Å². The van der Waals surface area contributed by atoms with Crippen molar-refractivity contribution in [3.8, 4) is 11.5 Å². The Hall–Kier alpha value is -3.34. The van der Waals surface area contributed by atoms with Crippen LogP contribution in [0.5, 0.6) is 11.5 Å². The van der Waals surface area contributed by atoms with E-state index in [0.29, 0.717) is 0 Å². The van der Waals surface area contributed by atoms with Gasteiger partial charge in [-0.25, -0.2) is 0 Å². The summed E-state index contributed by atoms with van der Waals surface area (Å²) in [6.45, 7) is 4.31. The van der Waals surface area contributed by atoms with Crippen molar-refractivity contribution in [1.82, 2.24) is 0 Å². The average Bonchev–Trinajstić information content (AvgIpc) is 2.69. The summed E-state index contributed by atoms with van der Waals surface area (Å²) in [4.78, 5) is 6.83. The molecule has 1 heterocycles. The molecule has 5 heteroatoms. The van der Waals surface area contributed by atoms with Crippen LogP contribution in [0.25, 0.3) is 0 Å². The third-order valence-corrected chi connectivity index (χ3v) is 4.85. The summed E-state index contributed by atoms with van der Waals surface area (Å²) in [7, 11) is 0. The number of benzene rings is 3. The maximum atomic E-state index is 9.60. The summed E-state index contributed by atoms with van der Waals surface area (Å²) in [5.41, 5.74) is 4.50. The maximum absolute atomic E-state index is 9.60. The van der Waals surface area contributed by atoms with Crippen LogP contribution in [0.3, 0.4) is 0 Å². The van der Waals surface area contributed by atoms with Crippen molar-refractivity contribution >= 4 is 17.1 Å². The van der Waals surface area contributed by atoms with E-state index < -0.39 is 0 Å². The average molecular weight is 361 g/mol. The third kappa shape index (κ3) is 3.77. The van der Waals surface area contributed by atoms with Crippen LogP contribution < -0.4 is 14.7 Å². The van der Waals surface area contributed by atoms with E-state index >= 15 is 0 Å². The minimum Gasteiger partial charge on any atom is -0.508 e. The summed E-state index contributed by atoms with van der Waals surface area (Å²) >= 11 is 0. The first-order valence-electron chi connectivity index (χ1n) is 8.98. The van der Waals surface area contributed by atoms with E-state index in [2.05, 4.69) is 45.9 Å². The van der Waals surface area contributed by atoms with Crippen LogP contribution >= 0.6 is 0 Å². The van der Waals surface area contributed by atoms with Crippen molar-refractivity contribution < 1.29 is 10.2 Å². The van der Waals surface area contributed by atoms with Gasteiger partial charge in [0.15, 0.2) is 0 Å². The van der Waals surface area contributed by atoms with Crippen LogP contribution in [0.2, 0.25) is 0 Å². The molecule has 0 radical (unpaired) electrons. The Morgan fingerprint density at radius 1 is 0.519 bits per heavy atom. The first kappa shape index (κ1) is 17.1. The standard InChI is InChI=1S/C22H23N3O2/c1-17-2-4-18(5-3-17)23-14-24(19-6-10-21(26)11-7-19)16-25(15-23)20-8-12-22(27)13-9-20/h2-13,26-27H,14-16H2,1H3. The summed E-state index contributed by atoms with van der Waals surface area (Å²) in [5, 5.41) is 19.2. The van der Waals surface area contributed by atoms with Gasteiger partial charge < -0.3 is 24.9 Å². The highest BCUT2D eigenvalue weighted by atomic mass is 16.3. The van der Waals surface area contributed by atoms with Crippen molar-refractivity contribution in [3.63, 3.8) is 0 Å². The molecule has 4 rings (SSSR count). The second kappa shape index (κ2) is 7.11. The maximum Gasteiger partial charge on any atom is 0.115 e. The highest BCUT2D eigenvalue weighted by molar-refractivity contribution is 5.59. The van der Waals surface area contributed by atoms with E-state index in [1.807, 2.05) is 24.3 Å². The number of nitrogens with zero attached hydrogens (tertiary/aromatic N) is 3. The lowest BCUT2D eigenvalue weighted by atomic mass is 10.2. The van der Waals surface area contributed by atoms with E-state index in [1.165, 1.54) is 5.56 Å². The van der Waals surface area contributed by atoms with Crippen molar-refractivity contribution in [3.05, 3.63) is 78.4 Å². The molecule has 27 heavy (non-hydrogen) atoms. The van der Waals surface area contributed by atoms with E-state index in [-0.39, 0.29) is 11.5 Å². The third-order valence-electron chi connectivity index (χ3n) is 4.85. The number of rotatable bonds is 3. The molecular weight excluding hydrogens is 338 g/mol. The van der Waals surface area contributed by atoms with E-state index in [9.17, 15) is 10.2 Å². The number of phenols is 2. The molecule has 0 aliphatic carbocycles. The Kier molecular flexibility index (Phi) is 4.50. The molecule has 0 spiro atoms. The topological polar surface area (TPSA) is 50.2 Å². The first-order valence-corrected chi connectivity index (χ1v) is 8.98. The van der Waals surface area contributed by atoms with Crippen molar-refractivity contribution in [2.45, 2.75) is 6.92 Å². The highest BCUT2D eigenvalue weighted by Crippen LogP contribution is 2.28. The summed E-state index contributed by atoms with van der Waals surface area (Å²) < 4.78 is 0. The minimum atomic E-state index is 0.265. The molecule has 0 atom stereocenters. The molecule has 138 valence electrons. The van der Waals surface area contributed by atoms with Crippen molar-refractivity contribution in [1.29, 1.82) is 0 Å². The molecule has 1 aliphatic heterocycles. The van der Waals surface area contributed by atoms with Crippen LogP contribution in [0, 0.1) is 6.92 Å². The number of hydrogen-bond acceptors (Lipinski definition) is 5. The fourth-order valence-corrected chi connectivity index (χ4v) is 3.32. The van der Waals surface area contributed by atoms with Gasteiger partial charge in [0.25, 0.3) is 0 Å². The van der Waals surface area contributed by atoms with Gasteiger partial charge in [0.2, 0.25) is 0 Å². The molecule has 0 unspecified atom stereocenters. The van der Waals surface area contributed by atoms with Crippen LogP contribution in [0.4, 0.5) is 17.1 Å². The molecule has 0 saturated carbocycles. The Morgan fingerprint density at radius 3 is 1.15 bits per heavy atom. The van der Waals surface area contributed by atoms with Gasteiger partial charge >= 0.3 is 0 Å².